The average molecular weight is 948 g/mol. The number of esters is 2. The third-order valence-corrected chi connectivity index (χ3v) is 12.4. The second-order valence-corrected chi connectivity index (χ2v) is 19.2. The number of ether oxygens (including phenoxy) is 3. The third kappa shape index (κ3) is 55.7. The summed E-state index contributed by atoms with van der Waals surface area (Å²) in [4.78, 5) is 25.5. The first kappa shape index (κ1) is 65.1. The highest BCUT2D eigenvalue weighted by molar-refractivity contribution is 5.70. The quantitative estimate of drug-likeness (QED) is 0.0345. The van der Waals surface area contributed by atoms with Crippen molar-refractivity contribution in [3.8, 4) is 0 Å². The molecule has 0 aliphatic carbocycles. The predicted molar refractivity (Wildman–Crippen MR) is 297 cm³/mol. The molecule has 0 bridgehead atoms. The van der Waals surface area contributed by atoms with Crippen LogP contribution in [0, 0.1) is 0 Å². The standard InChI is InChI=1S/C63H110O5/c1-4-7-10-13-16-19-22-25-28-30-31-32-34-37-40-43-46-49-52-55-58-66-59-61(68-63(65)57-54-51-48-45-42-39-35-27-24-21-18-15-12-9-6-3)60-67-62(64)56-53-50-47-44-41-38-36-33-29-26-23-20-17-14-11-8-5-2/h7,10,16-17,19-20,25-26,28-29,31-32,37,40,61H,4-6,8-9,11-15,18,21-24,27,30,33-36,38-39,41-60H2,1-3H3/b10-7-,19-16-,20-17-,28-25-,29-26-,32-31-,40-37-. The summed E-state index contributed by atoms with van der Waals surface area (Å²) in [5, 5.41) is 0. The Hall–Kier alpha value is -2.92. The van der Waals surface area contributed by atoms with Crippen LogP contribution in [0.3, 0.4) is 0 Å². The molecule has 0 saturated heterocycles. The molecule has 0 saturated carbocycles. The zero-order valence-corrected chi connectivity index (χ0v) is 45.1. The van der Waals surface area contributed by atoms with Crippen molar-refractivity contribution in [1.29, 1.82) is 0 Å². The molecular formula is C63H110O5. The van der Waals surface area contributed by atoms with Crippen LogP contribution in [-0.4, -0.2) is 37.9 Å². The predicted octanol–water partition coefficient (Wildman–Crippen LogP) is 20.0. The molecule has 0 heterocycles. The molecule has 0 aromatic heterocycles. The molecule has 1 atom stereocenters. The smallest absolute Gasteiger partial charge is 0.306 e. The van der Waals surface area contributed by atoms with Crippen LogP contribution in [0.1, 0.15) is 278 Å². The van der Waals surface area contributed by atoms with E-state index in [0.717, 1.165) is 89.9 Å². The van der Waals surface area contributed by atoms with Crippen LogP contribution in [0.15, 0.2) is 85.1 Å². The van der Waals surface area contributed by atoms with Gasteiger partial charge in [-0.15, -0.1) is 0 Å². The van der Waals surface area contributed by atoms with Crippen molar-refractivity contribution < 1.29 is 23.8 Å². The third-order valence-electron chi connectivity index (χ3n) is 12.4. The van der Waals surface area contributed by atoms with Crippen molar-refractivity contribution in [2.24, 2.45) is 0 Å². The number of carbonyl (C=O) groups is 2. The van der Waals surface area contributed by atoms with Crippen molar-refractivity contribution in [1.82, 2.24) is 0 Å². The van der Waals surface area contributed by atoms with Gasteiger partial charge < -0.3 is 14.2 Å². The summed E-state index contributed by atoms with van der Waals surface area (Å²) in [5.41, 5.74) is 0. The number of rotatable bonds is 53. The van der Waals surface area contributed by atoms with Gasteiger partial charge in [0.1, 0.15) is 6.61 Å². The largest absolute Gasteiger partial charge is 0.462 e. The van der Waals surface area contributed by atoms with Crippen LogP contribution in [0.4, 0.5) is 0 Å². The number of unbranched alkanes of at least 4 members (excludes halogenated alkanes) is 28. The van der Waals surface area contributed by atoms with Crippen LogP contribution >= 0.6 is 0 Å². The van der Waals surface area contributed by atoms with Gasteiger partial charge >= 0.3 is 11.9 Å². The minimum absolute atomic E-state index is 0.0698. The Balaban J connectivity index is 4.33. The Morgan fingerprint density at radius 2 is 0.662 bits per heavy atom. The van der Waals surface area contributed by atoms with E-state index in [2.05, 4.69) is 106 Å². The second-order valence-electron chi connectivity index (χ2n) is 19.2. The number of allylic oxidation sites excluding steroid dienone is 14. The molecule has 5 nitrogen and oxygen atoms in total. The summed E-state index contributed by atoms with van der Waals surface area (Å²) in [7, 11) is 0. The Kier molecular flexibility index (Phi) is 55.9. The lowest BCUT2D eigenvalue weighted by molar-refractivity contribution is -0.163. The molecule has 0 aromatic carbocycles. The molecule has 0 fully saturated rings. The van der Waals surface area contributed by atoms with E-state index in [4.69, 9.17) is 14.2 Å². The summed E-state index contributed by atoms with van der Waals surface area (Å²) >= 11 is 0. The number of carbonyl (C=O) groups excluding carboxylic acids is 2. The fourth-order valence-corrected chi connectivity index (χ4v) is 8.10. The monoisotopic (exact) mass is 947 g/mol. The molecule has 5 heteroatoms. The topological polar surface area (TPSA) is 61.8 Å². The normalized spacial score (nSPS) is 12.8. The van der Waals surface area contributed by atoms with Crippen LogP contribution < -0.4 is 0 Å². The highest BCUT2D eigenvalue weighted by Gasteiger charge is 2.17. The fourth-order valence-electron chi connectivity index (χ4n) is 8.10. The first-order chi connectivity index (χ1) is 33.6. The number of hydrogen-bond donors (Lipinski definition) is 0. The van der Waals surface area contributed by atoms with Gasteiger partial charge in [0.05, 0.1) is 6.61 Å². The Bertz CT molecular complexity index is 1250. The lowest BCUT2D eigenvalue weighted by atomic mass is 10.0. The van der Waals surface area contributed by atoms with Gasteiger partial charge in [-0.3, -0.25) is 9.59 Å². The van der Waals surface area contributed by atoms with E-state index in [-0.39, 0.29) is 25.2 Å². The molecule has 0 amide bonds. The molecule has 0 radical (unpaired) electrons. The van der Waals surface area contributed by atoms with Gasteiger partial charge in [0.15, 0.2) is 6.10 Å². The van der Waals surface area contributed by atoms with E-state index in [1.54, 1.807) is 0 Å². The van der Waals surface area contributed by atoms with Crippen molar-refractivity contribution >= 4 is 11.9 Å². The minimum Gasteiger partial charge on any atom is -0.462 e. The molecule has 392 valence electrons. The van der Waals surface area contributed by atoms with Crippen LogP contribution in [-0.2, 0) is 23.8 Å². The van der Waals surface area contributed by atoms with Gasteiger partial charge in [-0.25, -0.2) is 0 Å². The zero-order chi connectivity index (χ0) is 49.2. The van der Waals surface area contributed by atoms with Crippen LogP contribution in [0.25, 0.3) is 0 Å². The van der Waals surface area contributed by atoms with E-state index in [1.165, 1.54) is 154 Å². The molecule has 0 spiro atoms. The van der Waals surface area contributed by atoms with E-state index >= 15 is 0 Å². The van der Waals surface area contributed by atoms with Crippen molar-refractivity contribution in [2.75, 3.05) is 19.8 Å². The maximum absolute atomic E-state index is 12.9. The molecule has 0 N–H and O–H groups in total. The summed E-state index contributed by atoms with van der Waals surface area (Å²) in [6.07, 6.45) is 77.4. The fraction of sp³-hybridized carbons (Fsp3) is 0.746. The van der Waals surface area contributed by atoms with Crippen LogP contribution in [0.5, 0.6) is 0 Å². The molecule has 0 rings (SSSR count). The lowest BCUT2D eigenvalue weighted by Gasteiger charge is -2.18. The van der Waals surface area contributed by atoms with Gasteiger partial charge in [-0.05, 0) is 96.3 Å². The SMILES string of the molecule is CC/C=C\C/C=C\C/C=C\C/C=C\C/C=C\CCCCCCOCC(COC(=O)CCCCCCCCC/C=C\C/C=C\CCCCC)OC(=O)CCCCCCCCCCCCCCCCC. The number of hydrogen-bond acceptors (Lipinski definition) is 5. The van der Waals surface area contributed by atoms with Crippen LogP contribution in [0.2, 0.25) is 0 Å². The lowest BCUT2D eigenvalue weighted by Crippen LogP contribution is -2.30. The Morgan fingerprint density at radius 1 is 0.338 bits per heavy atom. The van der Waals surface area contributed by atoms with Gasteiger partial charge in [-0.2, -0.15) is 0 Å². The minimum atomic E-state index is -0.556. The van der Waals surface area contributed by atoms with Crippen molar-refractivity contribution in [2.45, 2.75) is 284 Å². The summed E-state index contributed by atoms with van der Waals surface area (Å²) < 4.78 is 17.5. The molecule has 0 aromatic rings. The Labute approximate surface area is 422 Å². The maximum atomic E-state index is 12.9. The van der Waals surface area contributed by atoms with Gasteiger partial charge in [0, 0.05) is 19.4 Å². The Morgan fingerprint density at radius 3 is 1.09 bits per heavy atom. The highest BCUT2D eigenvalue weighted by Crippen LogP contribution is 2.15. The summed E-state index contributed by atoms with van der Waals surface area (Å²) in [6, 6.07) is 0. The second kappa shape index (κ2) is 58.4. The first-order valence-electron chi connectivity index (χ1n) is 29.1. The van der Waals surface area contributed by atoms with E-state index in [1.807, 2.05) is 0 Å². The summed E-state index contributed by atoms with van der Waals surface area (Å²) in [5.74, 6) is -0.413. The van der Waals surface area contributed by atoms with Gasteiger partial charge in [0.25, 0.3) is 0 Å². The zero-order valence-electron chi connectivity index (χ0n) is 45.1. The molecule has 0 aliphatic rings. The van der Waals surface area contributed by atoms with Crippen molar-refractivity contribution in [3.05, 3.63) is 85.1 Å². The first-order valence-corrected chi connectivity index (χ1v) is 29.1. The van der Waals surface area contributed by atoms with E-state index < -0.39 is 6.10 Å². The highest BCUT2D eigenvalue weighted by atomic mass is 16.6. The molecule has 0 aliphatic heterocycles. The summed E-state index contributed by atoms with van der Waals surface area (Å²) in [6.45, 7) is 7.66. The molecular weight excluding hydrogens is 837 g/mol. The van der Waals surface area contributed by atoms with E-state index in [9.17, 15) is 9.59 Å². The van der Waals surface area contributed by atoms with E-state index in [0.29, 0.717) is 19.4 Å². The average Bonchev–Trinajstić information content (AvgIpc) is 3.34. The van der Waals surface area contributed by atoms with Gasteiger partial charge in [0.2, 0.25) is 0 Å². The van der Waals surface area contributed by atoms with Crippen molar-refractivity contribution in [3.63, 3.8) is 0 Å². The maximum Gasteiger partial charge on any atom is 0.306 e. The molecule has 68 heavy (non-hydrogen) atoms. The molecule has 1 unspecified atom stereocenters. The van der Waals surface area contributed by atoms with Gasteiger partial charge in [-0.1, -0.05) is 254 Å².